The molecule has 0 radical (unpaired) electrons. The third kappa shape index (κ3) is 4.54. The minimum absolute atomic E-state index is 0.158. The lowest BCUT2D eigenvalue weighted by atomic mass is 10.2. The topological polar surface area (TPSA) is 59.6 Å². The molecule has 1 saturated heterocycles. The Hall–Kier alpha value is -1.59. The van der Waals surface area contributed by atoms with Gasteiger partial charge in [0.2, 0.25) is 0 Å². The summed E-state index contributed by atoms with van der Waals surface area (Å²) in [7, 11) is 1.65. The van der Waals surface area contributed by atoms with Crippen LogP contribution < -0.4 is 10.6 Å². The summed E-state index contributed by atoms with van der Waals surface area (Å²) in [4.78, 5) is 11.7. The van der Waals surface area contributed by atoms with Crippen LogP contribution in [0, 0.1) is 0 Å². The number of anilines is 1. The second kappa shape index (κ2) is 7.11. The van der Waals surface area contributed by atoms with Crippen molar-refractivity contribution < 1.29 is 14.3 Å². The van der Waals surface area contributed by atoms with Gasteiger partial charge in [-0.3, -0.25) is 0 Å². The van der Waals surface area contributed by atoms with Crippen molar-refractivity contribution in [1.82, 2.24) is 5.32 Å². The number of ether oxygens (including phenoxy) is 2. The van der Waals surface area contributed by atoms with E-state index >= 15 is 0 Å². The molecule has 0 spiro atoms. The van der Waals surface area contributed by atoms with Gasteiger partial charge in [-0.15, -0.1) is 0 Å². The largest absolute Gasteiger partial charge is 0.380 e. The molecular weight excluding hydrogens is 244 g/mol. The maximum Gasteiger partial charge on any atom is 0.319 e. The van der Waals surface area contributed by atoms with Crippen molar-refractivity contribution in [2.24, 2.45) is 0 Å². The monoisotopic (exact) mass is 264 g/mol. The maximum absolute atomic E-state index is 11.7. The van der Waals surface area contributed by atoms with Crippen molar-refractivity contribution in [2.75, 3.05) is 25.6 Å². The summed E-state index contributed by atoms with van der Waals surface area (Å²) in [5.74, 6) is 0. The highest BCUT2D eigenvalue weighted by atomic mass is 16.5. The Labute approximate surface area is 113 Å². The van der Waals surface area contributed by atoms with Gasteiger partial charge >= 0.3 is 6.03 Å². The van der Waals surface area contributed by atoms with E-state index in [0.29, 0.717) is 13.2 Å². The van der Waals surface area contributed by atoms with Crippen molar-refractivity contribution in [2.45, 2.75) is 25.6 Å². The fraction of sp³-hybridized carbons (Fsp3) is 0.500. The van der Waals surface area contributed by atoms with Gasteiger partial charge < -0.3 is 20.1 Å². The van der Waals surface area contributed by atoms with E-state index < -0.39 is 0 Å². The smallest absolute Gasteiger partial charge is 0.319 e. The molecule has 19 heavy (non-hydrogen) atoms. The molecule has 5 heteroatoms. The van der Waals surface area contributed by atoms with Gasteiger partial charge in [0.1, 0.15) is 0 Å². The summed E-state index contributed by atoms with van der Waals surface area (Å²) >= 11 is 0. The zero-order chi connectivity index (χ0) is 13.5. The number of methoxy groups -OCH3 is 1. The molecule has 0 saturated carbocycles. The first kappa shape index (κ1) is 13.8. The fourth-order valence-electron chi connectivity index (χ4n) is 2.09. The Balaban J connectivity index is 1.79. The average molecular weight is 264 g/mol. The Kier molecular flexibility index (Phi) is 5.18. The molecule has 0 unspecified atom stereocenters. The zero-order valence-corrected chi connectivity index (χ0v) is 11.1. The highest BCUT2D eigenvalue weighted by Crippen LogP contribution is 2.12. The molecule has 2 amide bonds. The Bertz CT molecular complexity index is 417. The molecule has 1 atom stereocenters. The summed E-state index contributed by atoms with van der Waals surface area (Å²) in [6.45, 7) is 1.89. The summed E-state index contributed by atoms with van der Waals surface area (Å²) in [6, 6.07) is 7.40. The highest BCUT2D eigenvalue weighted by molar-refractivity contribution is 5.89. The quantitative estimate of drug-likeness (QED) is 0.856. The van der Waals surface area contributed by atoms with Crippen LogP contribution in [0.4, 0.5) is 10.5 Å². The van der Waals surface area contributed by atoms with Crippen LogP contribution in [0.2, 0.25) is 0 Å². The van der Waals surface area contributed by atoms with Gasteiger partial charge in [-0.05, 0) is 30.5 Å². The van der Waals surface area contributed by atoms with Gasteiger partial charge in [0.05, 0.1) is 12.7 Å². The van der Waals surface area contributed by atoms with Crippen molar-refractivity contribution >= 4 is 11.7 Å². The molecule has 104 valence electrons. The van der Waals surface area contributed by atoms with Gasteiger partial charge in [-0.1, -0.05) is 12.1 Å². The normalized spacial score (nSPS) is 18.3. The predicted octanol–water partition coefficient (Wildman–Crippen LogP) is 2.13. The molecular formula is C14H20N2O3. The van der Waals surface area contributed by atoms with Gasteiger partial charge in [-0.25, -0.2) is 4.79 Å². The number of nitrogens with one attached hydrogen (secondary N) is 2. The lowest BCUT2D eigenvalue weighted by Crippen LogP contribution is -2.35. The van der Waals surface area contributed by atoms with E-state index in [1.807, 2.05) is 24.3 Å². The number of carbonyl (C=O) groups excluding carboxylic acids is 1. The van der Waals surface area contributed by atoms with Crippen LogP contribution in [-0.4, -0.2) is 32.4 Å². The summed E-state index contributed by atoms with van der Waals surface area (Å²) < 4.78 is 10.5. The van der Waals surface area contributed by atoms with Gasteiger partial charge in [0.15, 0.2) is 0 Å². The van der Waals surface area contributed by atoms with E-state index in [1.165, 1.54) is 0 Å². The molecule has 0 aliphatic carbocycles. The number of benzene rings is 1. The number of urea groups is 1. The van der Waals surface area contributed by atoms with Gasteiger partial charge in [0.25, 0.3) is 0 Å². The van der Waals surface area contributed by atoms with E-state index in [2.05, 4.69) is 10.6 Å². The number of amides is 2. The second-order valence-corrected chi connectivity index (χ2v) is 4.60. The number of rotatable bonds is 5. The molecule has 5 nitrogen and oxygen atoms in total. The molecule has 2 N–H and O–H groups in total. The van der Waals surface area contributed by atoms with Crippen LogP contribution in [0.25, 0.3) is 0 Å². The van der Waals surface area contributed by atoms with Crippen molar-refractivity contribution in [3.63, 3.8) is 0 Å². The molecule has 0 bridgehead atoms. The van der Waals surface area contributed by atoms with E-state index in [4.69, 9.17) is 9.47 Å². The molecule has 0 aromatic heterocycles. The van der Waals surface area contributed by atoms with Crippen LogP contribution in [0.3, 0.4) is 0 Å². The summed E-state index contributed by atoms with van der Waals surface area (Å²) in [5.41, 5.74) is 1.79. The lowest BCUT2D eigenvalue weighted by Gasteiger charge is -2.12. The van der Waals surface area contributed by atoms with Gasteiger partial charge in [-0.2, -0.15) is 0 Å². The van der Waals surface area contributed by atoms with Crippen LogP contribution in [0.15, 0.2) is 24.3 Å². The first-order valence-corrected chi connectivity index (χ1v) is 6.52. The van der Waals surface area contributed by atoms with Crippen LogP contribution in [0.5, 0.6) is 0 Å². The van der Waals surface area contributed by atoms with Crippen LogP contribution in [0.1, 0.15) is 18.4 Å². The molecule has 1 aliphatic heterocycles. The lowest BCUT2D eigenvalue weighted by molar-refractivity contribution is 0.112. The Morgan fingerprint density at radius 2 is 2.42 bits per heavy atom. The second-order valence-electron chi connectivity index (χ2n) is 4.60. The average Bonchev–Trinajstić information content (AvgIpc) is 2.90. The fourth-order valence-corrected chi connectivity index (χ4v) is 2.09. The molecule has 2 rings (SSSR count). The highest BCUT2D eigenvalue weighted by Gasteiger charge is 2.15. The van der Waals surface area contributed by atoms with E-state index in [-0.39, 0.29) is 12.1 Å². The van der Waals surface area contributed by atoms with E-state index in [9.17, 15) is 4.79 Å². The van der Waals surface area contributed by atoms with Crippen molar-refractivity contribution in [3.8, 4) is 0 Å². The van der Waals surface area contributed by atoms with Gasteiger partial charge in [0, 0.05) is 25.9 Å². The SMILES string of the molecule is COCc1cccc(NC(=O)NC[C@H]2CCCO2)c1. The molecule has 1 heterocycles. The summed E-state index contributed by atoms with van der Waals surface area (Å²) in [6.07, 6.45) is 2.25. The summed E-state index contributed by atoms with van der Waals surface area (Å²) in [5, 5.41) is 5.62. The minimum Gasteiger partial charge on any atom is -0.380 e. The van der Waals surface area contributed by atoms with E-state index in [1.54, 1.807) is 7.11 Å². The predicted molar refractivity (Wildman–Crippen MR) is 73.2 cm³/mol. The standard InChI is InChI=1S/C14H20N2O3/c1-18-10-11-4-2-5-12(8-11)16-14(17)15-9-13-6-3-7-19-13/h2,4-5,8,13H,3,6-7,9-10H2,1H3,(H2,15,16,17)/t13-/m1/s1. The minimum atomic E-state index is -0.204. The Morgan fingerprint density at radius 1 is 1.53 bits per heavy atom. The number of carbonyl (C=O) groups is 1. The Morgan fingerprint density at radius 3 is 3.16 bits per heavy atom. The zero-order valence-electron chi connectivity index (χ0n) is 11.1. The van der Waals surface area contributed by atoms with E-state index in [0.717, 1.165) is 30.7 Å². The molecule has 1 fully saturated rings. The van der Waals surface area contributed by atoms with Crippen LogP contribution in [-0.2, 0) is 16.1 Å². The molecule has 1 aromatic rings. The van der Waals surface area contributed by atoms with Crippen molar-refractivity contribution in [1.29, 1.82) is 0 Å². The van der Waals surface area contributed by atoms with Crippen molar-refractivity contribution in [3.05, 3.63) is 29.8 Å². The maximum atomic E-state index is 11.7. The molecule has 1 aliphatic rings. The number of hydrogen-bond acceptors (Lipinski definition) is 3. The third-order valence-corrected chi connectivity index (χ3v) is 3.01. The van der Waals surface area contributed by atoms with Crippen LogP contribution >= 0.6 is 0 Å². The molecule has 1 aromatic carbocycles. The first-order valence-electron chi connectivity index (χ1n) is 6.52. The third-order valence-electron chi connectivity index (χ3n) is 3.01. The number of hydrogen-bond donors (Lipinski definition) is 2. The first-order chi connectivity index (χ1) is 9.28.